The monoisotopic (exact) mass is 540 g/mol. The molecule has 8 unspecified atom stereocenters. The minimum Gasteiger partial charge on any atom is -0.427 e. The number of allylic oxidation sites excluding steroid dienone is 2. The number of hydrogen-bond acceptors (Lipinski definition) is 4. The smallest absolute Gasteiger partial charge is 0.311 e. The zero-order chi connectivity index (χ0) is 28.4. The fourth-order valence-electron chi connectivity index (χ4n) is 8.67. The lowest BCUT2D eigenvalue weighted by atomic mass is 9.63. The zero-order valence-corrected chi connectivity index (χ0v) is 24.9. The van der Waals surface area contributed by atoms with Gasteiger partial charge in [-0.25, -0.2) is 0 Å². The topological polar surface area (TPSA) is 52.6 Å². The van der Waals surface area contributed by atoms with E-state index in [1.807, 2.05) is 48.5 Å². The van der Waals surface area contributed by atoms with Gasteiger partial charge in [0.05, 0.1) is 0 Å². The van der Waals surface area contributed by atoms with Crippen LogP contribution in [0.5, 0.6) is 11.5 Å². The highest BCUT2D eigenvalue weighted by molar-refractivity contribution is 5.74. The number of fused-ring (bicyclic) bond motifs is 9. The molecule has 0 N–H and O–H groups in total. The standard InChI is InChI=1S/C36H44O4/c1-35(2,3)23-9-13-25(14-10-23)39-31(37)19-27-28(30-18-29(27)33-21-7-8-22(17-21)34(30)33)20-32(38)40-26-15-11-24(12-16-26)36(4,5)6/h7-16,21-22,27-30,33-34H,17-20H2,1-6H3. The Kier molecular flexibility index (Phi) is 6.75. The summed E-state index contributed by atoms with van der Waals surface area (Å²) in [5.41, 5.74) is 2.52. The van der Waals surface area contributed by atoms with Crippen molar-refractivity contribution in [2.24, 2.45) is 47.3 Å². The molecule has 0 heterocycles. The van der Waals surface area contributed by atoms with Gasteiger partial charge in [-0.1, -0.05) is 78.0 Å². The minimum atomic E-state index is -0.188. The van der Waals surface area contributed by atoms with Crippen molar-refractivity contribution >= 4 is 11.9 Å². The fraction of sp³-hybridized carbons (Fsp3) is 0.556. The second kappa shape index (κ2) is 9.89. The molecule has 4 nitrogen and oxygen atoms in total. The molecule has 4 heteroatoms. The Balaban J connectivity index is 1.16. The normalized spacial score (nSPS) is 31.9. The third-order valence-electron chi connectivity index (χ3n) is 10.5. The maximum Gasteiger partial charge on any atom is 0.311 e. The van der Waals surface area contributed by atoms with Gasteiger partial charge in [-0.15, -0.1) is 0 Å². The maximum absolute atomic E-state index is 13.3. The molecule has 4 bridgehead atoms. The molecule has 2 aromatic carbocycles. The maximum atomic E-state index is 13.3. The third-order valence-corrected chi connectivity index (χ3v) is 10.5. The number of rotatable bonds is 6. The summed E-state index contributed by atoms with van der Waals surface area (Å²) < 4.78 is 11.7. The molecule has 2 aromatic rings. The number of benzene rings is 2. The molecule has 212 valence electrons. The summed E-state index contributed by atoms with van der Waals surface area (Å²) in [4.78, 5) is 26.5. The summed E-state index contributed by atoms with van der Waals surface area (Å²) in [5, 5.41) is 0. The van der Waals surface area contributed by atoms with Crippen LogP contribution in [0.15, 0.2) is 60.7 Å². The Labute approximate surface area is 239 Å². The van der Waals surface area contributed by atoms with Crippen LogP contribution in [0.1, 0.15) is 78.4 Å². The first-order valence-corrected chi connectivity index (χ1v) is 15.2. The van der Waals surface area contributed by atoms with E-state index < -0.39 is 0 Å². The van der Waals surface area contributed by atoms with Gasteiger partial charge in [-0.3, -0.25) is 9.59 Å². The van der Waals surface area contributed by atoms with E-state index in [1.54, 1.807) is 0 Å². The molecule has 0 radical (unpaired) electrons. The van der Waals surface area contributed by atoms with E-state index in [1.165, 1.54) is 17.5 Å². The number of ether oxygens (including phenoxy) is 2. The lowest BCUT2D eigenvalue weighted by Gasteiger charge is -2.41. The molecule has 4 aliphatic carbocycles. The molecule has 40 heavy (non-hydrogen) atoms. The van der Waals surface area contributed by atoms with Crippen LogP contribution in [0.25, 0.3) is 0 Å². The van der Waals surface area contributed by atoms with Crippen LogP contribution in [0, 0.1) is 47.3 Å². The highest BCUT2D eigenvalue weighted by atomic mass is 16.5. The average molecular weight is 541 g/mol. The van der Waals surface area contributed by atoms with Crippen molar-refractivity contribution in [1.29, 1.82) is 0 Å². The molecule has 0 aliphatic heterocycles. The number of hydrogen-bond donors (Lipinski definition) is 0. The van der Waals surface area contributed by atoms with Gasteiger partial charge in [0.15, 0.2) is 0 Å². The molecule has 3 fully saturated rings. The Bertz CT molecular complexity index is 1190. The summed E-state index contributed by atoms with van der Waals surface area (Å²) in [6, 6.07) is 15.8. The predicted molar refractivity (Wildman–Crippen MR) is 157 cm³/mol. The van der Waals surface area contributed by atoms with Gasteiger partial charge < -0.3 is 9.47 Å². The van der Waals surface area contributed by atoms with Crippen molar-refractivity contribution in [3.8, 4) is 11.5 Å². The first kappa shape index (κ1) is 27.3. The Morgan fingerprint density at radius 3 is 1.35 bits per heavy atom. The van der Waals surface area contributed by atoms with E-state index in [2.05, 4.69) is 53.7 Å². The highest BCUT2D eigenvalue weighted by Crippen LogP contribution is 2.69. The lowest BCUT2D eigenvalue weighted by molar-refractivity contribution is -0.140. The minimum absolute atomic E-state index is 0.0493. The summed E-state index contributed by atoms with van der Waals surface area (Å²) in [6.45, 7) is 13.0. The van der Waals surface area contributed by atoms with Crippen LogP contribution in [0.4, 0.5) is 0 Å². The van der Waals surface area contributed by atoms with E-state index in [-0.39, 0.29) is 34.6 Å². The molecular weight excluding hydrogens is 496 g/mol. The van der Waals surface area contributed by atoms with E-state index in [4.69, 9.17) is 9.47 Å². The summed E-state index contributed by atoms with van der Waals surface area (Å²) in [6.07, 6.45) is 7.94. The second-order valence-electron chi connectivity index (χ2n) is 14.9. The second-order valence-corrected chi connectivity index (χ2v) is 14.9. The number of esters is 2. The molecule has 6 rings (SSSR count). The fourth-order valence-corrected chi connectivity index (χ4v) is 8.67. The molecule has 8 atom stereocenters. The summed E-state index contributed by atoms with van der Waals surface area (Å²) in [7, 11) is 0. The summed E-state index contributed by atoms with van der Waals surface area (Å²) >= 11 is 0. The van der Waals surface area contributed by atoms with Gasteiger partial charge in [0, 0.05) is 12.8 Å². The van der Waals surface area contributed by atoms with Gasteiger partial charge in [-0.2, -0.15) is 0 Å². The van der Waals surface area contributed by atoms with Crippen LogP contribution >= 0.6 is 0 Å². The van der Waals surface area contributed by atoms with Gasteiger partial charge in [-0.05, 0) is 106 Å². The van der Waals surface area contributed by atoms with Crippen molar-refractivity contribution in [3.63, 3.8) is 0 Å². The molecule has 0 spiro atoms. The number of carbonyl (C=O) groups excluding carboxylic acids is 2. The van der Waals surface area contributed by atoms with Crippen LogP contribution in [-0.2, 0) is 20.4 Å². The van der Waals surface area contributed by atoms with E-state index in [9.17, 15) is 9.59 Å². The Morgan fingerprint density at radius 2 is 1.00 bits per heavy atom. The van der Waals surface area contributed by atoms with Gasteiger partial charge in [0.1, 0.15) is 11.5 Å². The molecule has 4 aliphatic rings. The molecule has 0 saturated heterocycles. The first-order valence-electron chi connectivity index (χ1n) is 15.2. The highest BCUT2D eigenvalue weighted by Gasteiger charge is 2.64. The van der Waals surface area contributed by atoms with E-state index >= 15 is 0 Å². The van der Waals surface area contributed by atoms with Gasteiger partial charge >= 0.3 is 11.9 Å². The predicted octanol–water partition coefficient (Wildman–Crippen LogP) is 7.89. The van der Waals surface area contributed by atoms with Crippen molar-refractivity contribution in [2.45, 2.75) is 78.1 Å². The van der Waals surface area contributed by atoms with Crippen LogP contribution in [-0.4, -0.2) is 11.9 Å². The van der Waals surface area contributed by atoms with Crippen LogP contribution in [0.2, 0.25) is 0 Å². The van der Waals surface area contributed by atoms with E-state index in [0.29, 0.717) is 59.8 Å². The summed E-state index contributed by atoms with van der Waals surface area (Å²) in [5.74, 6) is 4.69. The van der Waals surface area contributed by atoms with Gasteiger partial charge in [0.25, 0.3) is 0 Å². The first-order chi connectivity index (χ1) is 18.9. The van der Waals surface area contributed by atoms with Crippen LogP contribution in [0.3, 0.4) is 0 Å². The van der Waals surface area contributed by atoms with Crippen molar-refractivity contribution < 1.29 is 19.1 Å². The average Bonchev–Trinajstić information content (AvgIpc) is 3.64. The quantitative estimate of drug-likeness (QED) is 0.162. The van der Waals surface area contributed by atoms with Crippen LogP contribution < -0.4 is 9.47 Å². The molecule has 0 aromatic heterocycles. The Hall–Kier alpha value is -2.88. The zero-order valence-electron chi connectivity index (χ0n) is 24.9. The lowest BCUT2D eigenvalue weighted by Crippen LogP contribution is -2.39. The third kappa shape index (κ3) is 5.03. The largest absolute Gasteiger partial charge is 0.427 e. The Morgan fingerprint density at radius 1 is 0.625 bits per heavy atom. The van der Waals surface area contributed by atoms with Crippen molar-refractivity contribution in [1.82, 2.24) is 0 Å². The van der Waals surface area contributed by atoms with E-state index in [0.717, 1.165) is 6.42 Å². The van der Waals surface area contributed by atoms with Crippen molar-refractivity contribution in [3.05, 3.63) is 71.8 Å². The SMILES string of the molecule is CC(C)(C)c1ccc(OC(=O)CC2C(CC(=O)Oc3ccc(C(C)(C)C)cc3)C3CC2C2C4C=CC(C4)C32)cc1. The van der Waals surface area contributed by atoms with Crippen molar-refractivity contribution in [2.75, 3.05) is 0 Å². The molecule has 0 amide bonds. The molecule has 3 saturated carbocycles. The number of carbonyl (C=O) groups is 2. The molecular formula is C36H44O4. The van der Waals surface area contributed by atoms with Gasteiger partial charge in [0.2, 0.25) is 0 Å².